The van der Waals surface area contributed by atoms with Gasteiger partial charge in [0.1, 0.15) is 11.4 Å². The van der Waals surface area contributed by atoms with Crippen LogP contribution >= 0.6 is 0 Å². The third-order valence-corrected chi connectivity index (χ3v) is 6.81. The van der Waals surface area contributed by atoms with Crippen molar-refractivity contribution < 1.29 is 19.0 Å². The highest BCUT2D eigenvalue weighted by Gasteiger charge is 2.64. The van der Waals surface area contributed by atoms with Crippen LogP contribution in [0.4, 0.5) is 0 Å². The Bertz CT molecular complexity index is 671. The molecule has 2 heterocycles. The molecule has 4 nitrogen and oxygen atoms in total. The minimum atomic E-state index is -0.238. The first-order valence-electron chi connectivity index (χ1n) is 8.90. The molecule has 0 amide bonds. The van der Waals surface area contributed by atoms with E-state index in [0.29, 0.717) is 25.0 Å². The minimum absolute atomic E-state index is 0.0629. The maximum Gasteiger partial charge on any atom is 0.302 e. The largest absolute Gasteiger partial charge is 0.487 e. The van der Waals surface area contributed by atoms with Crippen LogP contribution in [0.1, 0.15) is 45.8 Å². The Morgan fingerprint density at radius 2 is 2.08 bits per heavy atom. The fraction of sp³-hybridized carbons (Fsp3) is 0.650. The predicted octanol–water partition coefficient (Wildman–Crippen LogP) is 3.75. The van der Waals surface area contributed by atoms with Gasteiger partial charge in [0.05, 0.1) is 19.3 Å². The summed E-state index contributed by atoms with van der Waals surface area (Å²) in [7, 11) is 0. The van der Waals surface area contributed by atoms with Gasteiger partial charge in [0.25, 0.3) is 0 Å². The number of hydrogen-bond donors (Lipinski definition) is 0. The molecule has 1 aromatic rings. The molecule has 0 spiro atoms. The highest BCUT2D eigenvalue weighted by atomic mass is 16.5. The molecule has 1 aliphatic carbocycles. The van der Waals surface area contributed by atoms with Gasteiger partial charge in [-0.2, -0.15) is 0 Å². The summed E-state index contributed by atoms with van der Waals surface area (Å²) in [5.74, 6) is 1.73. The Kier molecular flexibility index (Phi) is 3.47. The summed E-state index contributed by atoms with van der Waals surface area (Å²) in [5, 5.41) is 0. The molecule has 0 N–H and O–H groups in total. The topological polar surface area (TPSA) is 44.8 Å². The Labute approximate surface area is 143 Å². The summed E-state index contributed by atoms with van der Waals surface area (Å²) < 4.78 is 18.4. The Balaban J connectivity index is 1.76. The van der Waals surface area contributed by atoms with E-state index in [1.165, 1.54) is 6.92 Å². The van der Waals surface area contributed by atoms with E-state index in [9.17, 15) is 4.79 Å². The second kappa shape index (κ2) is 5.22. The fourth-order valence-corrected chi connectivity index (χ4v) is 5.49. The molecule has 3 aliphatic rings. The van der Waals surface area contributed by atoms with Gasteiger partial charge in [0.2, 0.25) is 0 Å². The standard InChI is InChI=1S/C20H26O4/c1-12-9-19(4)17-13(2)20(12,10-22-14(3)21)11-23-18(17)15-7-5-6-8-16(15)24-19/h5-8,12-13,17-18H,9-11H2,1-4H3/t12-,13-,17-,18+,19-,20+/m0/s1. The predicted molar refractivity (Wildman–Crippen MR) is 89.7 cm³/mol. The summed E-state index contributed by atoms with van der Waals surface area (Å²) in [6.45, 7) is 9.30. The molecule has 1 saturated heterocycles. The van der Waals surface area contributed by atoms with Gasteiger partial charge >= 0.3 is 5.97 Å². The quantitative estimate of drug-likeness (QED) is 0.775. The molecule has 130 valence electrons. The molecule has 2 aliphatic heterocycles. The van der Waals surface area contributed by atoms with Crippen LogP contribution in [0.2, 0.25) is 0 Å². The van der Waals surface area contributed by atoms with Gasteiger partial charge in [-0.15, -0.1) is 0 Å². The Morgan fingerprint density at radius 3 is 2.83 bits per heavy atom. The van der Waals surface area contributed by atoms with Gasteiger partial charge < -0.3 is 14.2 Å². The Hall–Kier alpha value is -1.55. The molecular weight excluding hydrogens is 304 g/mol. The van der Waals surface area contributed by atoms with Crippen LogP contribution in [0.5, 0.6) is 5.75 Å². The smallest absolute Gasteiger partial charge is 0.302 e. The van der Waals surface area contributed by atoms with Crippen LogP contribution in [0.15, 0.2) is 24.3 Å². The molecule has 24 heavy (non-hydrogen) atoms. The summed E-state index contributed by atoms with van der Waals surface area (Å²) in [6, 6.07) is 8.23. The molecule has 0 unspecified atom stereocenters. The molecule has 2 bridgehead atoms. The SMILES string of the molecule is CC(=O)OC[C@@]12CO[C@@H]3c4ccccc4O[C@@](C)(C[C@@H]1C)[C@H]3[C@@H]2C. The van der Waals surface area contributed by atoms with Crippen LogP contribution in [0.3, 0.4) is 0 Å². The Morgan fingerprint density at radius 1 is 1.33 bits per heavy atom. The van der Waals surface area contributed by atoms with Gasteiger partial charge in [-0.05, 0) is 31.2 Å². The third kappa shape index (κ3) is 2.05. The van der Waals surface area contributed by atoms with Crippen molar-refractivity contribution in [2.24, 2.45) is 23.2 Å². The van der Waals surface area contributed by atoms with Crippen molar-refractivity contribution >= 4 is 5.97 Å². The lowest BCUT2D eigenvalue weighted by Gasteiger charge is -2.63. The van der Waals surface area contributed by atoms with E-state index in [-0.39, 0.29) is 29.0 Å². The summed E-state index contributed by atoms with van der Waals surface area (Å²) in [5.41, 5.74) is 0.794. The highest BCUT2D eigenvalue weighted by Crippen LogP contribution is 2.63. The first-order chi connectivity index (χ1) is 11.4. The normalized spacial score (nSPS) is 42.7. The molecule has 4 rings (SSSR count). The zero-order valence-corrected chi connectivity index (χ0v) is 14.9. The van der Waals surface area contributed by atoms with Crippen LogP contribution in [-0.4, -0.2) is 24.8 Å². The van der Waals surface area contributed by atoms with Crippen LogP contribution < -0.4 is 4.74 Å². The van der Waals surface area contributed by atoms with Crippen molar-refractivity contribution in [2.75, 3.05) is 13.2 Å². The molecule has 2 fully saturated rings. The number of fused-ring (bicyclic) bond motifs is 3. The third-order valence-electron chi connectivity index (χ3n) is 6.81. The molecular formula is C20H26O4. The lowest BCUT2D eigenvalue weighted by atomic mass is 9.50. The number of rotatable bonds is 2. The number of benzene rings is 1. The van der Waals surface area contributed by atoms with Crippen molar-refractivity contribution in [2.45, 2.75) is 45.8 Å². The zero-order chi connectivity index (χ0) is 17.1. The lowest BCUT2D eigenvalue weighted by molar-refractivity contribution is -0.261. The number of carbonyl (C=O) groups is 1. The van der Waals surface area contributed by atoms with Crippen molar-refractivity contribution in [3.8, 4) is 5.75 Å². The number of ether oxygens (including phenoxy) is 3. The average molecular weight is 330 g/mol. The van der Waals surface area contributed by atoms with Gasteiger partial charge in [-0.3, -0.25) is 4.79 Å². The van der Waals surface area contributed by atoms with E-state index < -0.39 is 0 Å². The minimum Gasteiger partial charge on any atom is -0.487 e. The van der Waals surface area contributed by atoms with Gasteiger partial charge in [-0.1, -0.05) is 32.0 Å². The number of para-hydroxylation sites is 1. The number of esters is 1. The van der Waals surface area contributed by atoms with E-state index in [1.54, 1.807) is 0 Å². The molecule has 4 heteroatoms. The maximum absolute atomic E-state index is 11.4. The monoisotopic (exact) mass is 330 g/mol. The van der Waals surface area contributed by atoms with E-state index in [0.717, 1.165) is 17.7 Å². The summed E-state index contributed by atoms with van der Waals surface area (Å²) in [4.78, 5) is 11.4. The lowest BCUT2D eigenvalue weighted by Crippen LogP contribution is -2.66. The summed E-state index contributed by atoms with van der Waals surface area (Å²) in [6.07, 6.45) is 1.02. The van der Waals surface area contributed by atoms with E-state index in [2.05, 4.69) is 26.8 Å². The summed E-state index contributed by atoms with van der Waals surface area (Å²) >= 11 is 0. The zero-order valence-electron chi connectivity index (χ0n) is 14.9. The average Bonchev–Trinajstić information content (AvgIpc) is 2.52. The van der Waals surface area contributed by atoms with Crippen LogP contribution in [-0.2, 0) is 14.3 Å². The second-order valence-electron chi connectivity index (χ2n) is 8.12. The van der Waals surface area contributed by atoms with Gasteiger partial charge in [-0.25, -0.2) is 0 Å². The first-order valence-corrected chi connectivity index (χ1v) is 8.90. The van der Waals surface area contributed by atoms with Crippen molar-refractivity contribution in [1.29, 1.82) is 0 Å². The molecule has 6 atom stereocenters. The molecule has 0 radical (unpaired) electrons. The van der Waals surface area contributed by atoms with E-state index in [4.69, 9.17) is 14.2 Å². The number of hydrogen-bond acceptors (Lipinski definition) is 4. The fourth-order valence-electron chi connectivity index (χ4n) is 5.49. The van der Waals surface area contributed by atoms with Crippen molar-refractivity contribution in [3.05, 3.63) is 29.8 Å². The first kappa shape index (κ1) is 15.9. The molecule has 1 saturated carbocycles. The maximum atomic E-state index is 11.4. The molecule has 1 aromatic carbocycles. The highest BCUT2D eigenvalue weighted by molar-refractivity contribution is 5.65. The van der Waals surface area contributed by atoms with Gasteiger partial charge in [0.15, 0.2) is 0 Å². The van der Waals surface area contributed by atoms with Gasteiger partial charge in [0, 0.05) is 23.8 Å². The number of carbonyl (C=O) groups excluding carboxylic acids is 1. The van der Waals surface area contributed by atoms with Crippen LogP contribution in [0.25, 0.3) is 0 Å². The van der Waals surface area contributed by atoms with E-state index >= 15 is 0 Å². The van der Waals surface area contributed by atoms with Crippen molar-refractivity contribution in [1.82, 2.24) is 0 Å². The van der Waals surface area contributed by atoms with E-state index in [1.807, 2.05) is 18.2 Å². The molecule has 0 aromatic heterocycles. The van der Waals surface area contributed by atoms with Crippen LogP contribution in [0, 0.1) is 23.2 Å². The van der Waals surface area contributed by atoms with Crippen molar-refractivity contribution in [3.63, 3.8) is 0 Å². The second-order valence-corrected chi connectivity index (χ2v) is 8.12.